The van der Waals surface area contributed by atoms with Crippen LogP contribution < -0.4 is 5.32 Å². The number of amides is 1. The van der Waals surface area contributed by atoms with Crippen LogP contribution in [0.3, 0.4) is 0 Å². The molecule has 0 fully saturated rings. The third-order valence-corrected chi connectivity index (χ3v) is 4.39. The normalized spacial score (nSPS) is 16.4. The second-order valence-electron chi connectivity index (χ2n) is 6.16. The van der Waals surface area contributed by atoms with Crippen molar-refractivity contribution in [3.63, 3.8) is 0 Å². The highest BCUT2D eigenvalue weighted by Crippen LogP contribution is 2.31. The molecule has 2 rings (SSSR count). The highest BCUT2D eigenvalue weighted by atomic mass is 32.1. The Bertz CT molecular complexity index is 477. The fourth-order valence-electron chi connectivity index (χ4n) is 2.33. The van der Waals surface area contributed by atoms with Gasteiger partial charge in [0, 0.05) is 11.4 Å². The van der Waals surface area contributed by atoms with Crippen molar-refractivity contribution < 1.29 is 9.53 Å². The first-order valence-electron chi connectivity index (χ1n) is 7.21. The van der Waals surface area contributed by atoms with Crippen molar-refractivity contribution in [1.82, 2.24) is 4.90 Å². The van der Waals surface area contributed by atoms with Gasteiger partial charge in [-0.3, -0.25) is 10.2 Å². The first-order chi connectivity index (χ1) is 9.37. The number of carbonyl (C=O) groups is 1. The number of hydrogen-bond donors (Lipinski definition) is 1. The van der Waals surface area contributed by atoms with E-state index in [0.29, 0.717) is 0 Å². The third kappa shape index (κ3) is 4.21. The molecule has 0 atom stereocenters. The highest BCUT2D eigenvalue weighted by Gasteiger charge is 2.19. The SMILES string of the molecule is CCN1CCCc2sc(NC(=O)OC(C)(C)C)cc2C1. The number of aryl methyl sites for hydroxylation is 1. The lowest BCUT2D eigenvalue weighted by Gasteiger charge is -2.19. The van der Waals surface area contributed by atoms with Crippen molar-refractivity contribution in [2.24, 2.45) is 0 Å². The molecule has 1 aliphatic rings. The van der Waals surface area contributed by atoms with Gasteiger partial charge in [0.1, 0.15) is 5.60 Å². The van der Waals surface area contributed by atoms with Gasteiger partial charge in [0.15, 0.2) is 0 Å². The van der Waals surface area contributed by atoms with Crippen LogP contribution in [-0.2, 0) is 17.7 Å². The van der Waals surface area contributed by atoms with Gasteiger partial charge in [-0.05, 0) is 58.3 Å². The second-order valence-corrected chi connectivity index (χ2v) is 7.30. The first-order valence-corrected chi connectivity index (χ1v) is 8.03. The maximum atomic E-state index is 11.8. The fourth-order valence-corrected chi connectivity index (χ4v) is 3.43. The van der Waals surface area contributed by atoms with E-state index in [-0.39, 0.29) is 6.09 Å². The maximum absolute atomic E-state index is 11.8. The highest BCUT2D eigenvalue weighted by molar-refractivity contribution is 7.16. The molecule has 1 aromatic heterocycles. The van der Waals surface area contributed by atoms with Crippen LogP contribution >= 0.6 is 11.3 Å². The van der Waals surface area contributed by atoms with Crippen LogP contribution in [0.15, 0.2) is 6.07 Å². The van der Waals surface area contributed by atoms with Crippen LogP contribution in [0.4, 0.5) is 9.80 Å². The minimum Gasteiger partial charge on any atom is -0.444 e. The Morgan fingerprint density at radius 3 is 2.90 bits per heavy atom. The van der Waals surface area contributed by atoms with E-state index in [1.165, 1.54) is 16.9 Å². The van der Waals surface area contributed by atoms with Gasteiger partial charge in [-0.2, -0.15) is 0 Å². The summed E-state index contributed by atoms with van der Waals surface area (Å²) in [6, 6.07) is 2.10. The lowest BCUT2D eigenvalue weighted by Crippen LogP contribution is -2.27. The summed E-state index contributed by atoms with van der Waals surface area (Å²) in [5.41, 5.74) is 0.887. The van der Waals surface area contributed by atoms with E-state index >= 15 is 0 Å². The Morgan fingerprint density at radius 1 is 1.50 bits per heavy atom. The van der Waals surface area contributed by atoms with Crippen molar-refractivity contribution in [3.05, 3.63) is 16.5 Å². The smallest absolute Gasteiger partial charge is 0.412 e. The molecule has 0 unspecified atom stereocenters. The molecule has 0 spiro atoms. The van der Waals surface area contributed by atoms with E-state index in [4.69, 9.17) is 4.74 Å². The van der Waals surface area contributed by atoms with Gasteiger partial charge in [-0.25, -0.2) is 4.79 Å². The Hall–Kier alpha value is -1.07. The van der Waals surface area contributed by atoms with E-state index in [1.807, 2.05) is 20.8 Å². The molecule has 0 radical (unpaired) electrons. The summed E-state index contributed by atoms with van der Waals surface area (Å²) in [7, 11) is 0. The molecule has 4 nitrogen and oxygen atoms in total. The average molecular weight is 296 g/mol. The van der Waals surface area contributed by atoms with Crippen LogP contribution in [0.5, 0.6) is 0 Å². The van der Waals surface area contributed by atoms with Crippen LogP contribution in [0.2, 0.25) is 0 Å². The predicted octanol–water partition coefficient (Wildman–Crippen LogP) is 3.86. The molecule has 1 N–H and O–H groups in total. The lowest BCUT2D eigenvalue weighted by molar-refractivity contribution is 0.0636. The molecule has 0 bridgehead atoms. The van der Waals surface area contributed by atoms with Gasteiger partial charge in [0.05, 0.1) is 5.00 Å². The lowest BCUT2D eigenvalue weighted by atomic mass is 10.2. The molecule has 2 heterocycles. The van der Waals surface area contributed by atoms with Gasteiger partial charge < -0.3 is 4.74 Å². The first kappa shape index (κ1) is 15.3. The van der Waals surface area contributed by atoms with Crippen molar-refractivity contribution in [2.75, 3.05) is 18.4 Å². The predicted molar refractivity (Wildman–Crippen MR) is 83.4 cm³/mol. The Balaban J connectivity index is 2.03. The Kier molecular flexibility index (Phi) is 4.70. The molecule has 20 heavy (non-hydrogen) atoms. The van der Waals surface area contributed by atoms with Crippen molar-refractivity contribution >= 4 is 22.4 Å². The Labute approximate surface area is 125 Å². The standard InChI is InChI=1S/C15H24N2O2S/c1-5-17-8-6-7-12-11(10-17)9-13(20-12)16-14(18)19-15(2,3)4/h9H,5-8,10H2,1-4H3,(H,16,18). The number of ether oxygens (including phenoxy) is 1. The number of rotatable bonds is 2. The molecule has 0 aliphatic carbocycles. The summed E-state index contributed by atoms with van der Waals surface area (Å²) < 4.78 is 5.29. The number of anilines is 1. The number of fused-ring (bicyclic) bond motifs is 1. The van der Waals surface area contributed by atoms with E-state index in [9.17, 15) is 4.79 Å². The summed E-state index contributed by atoms with van der Waals surface area (Å²) in [6.07, 6.45) is 1.92. The molecular weight excluding hydrogens is 272 g/mol. The van der Waals surface area contributed by atoms with Crippen LogP contribution in [0.1, 0.15) is 44.6 Å². The number of thiophene rings is 1. The minimum absolute atomic E-state index is 0.374. The summed E-state index contributed by atoms with van der Waals surface area (Å²) in [5, 5.41) is 3.74. The zero-order valence-electron chi connectivity index (χ0n) is 12.8. The molecule has 1 aromatic rings. The monoisotopic (exact) mass is 296 g/mol. The molecule has 112 valence electrons. The zero-order chi connectivity index (χ0) is 14.8. The number of nitrogens with one attached hydrogen (secondary N) is 1. The number of hydrogen-bond acceptors (Lipinski definition) is 4. The Morgan fingerprint density at radius 2 is 2.25 bits per heavy atom. The largest absolute Gasteiger partial charge is 0.444 e. The van der Waals surface area contributed by atoms with Crippen LogP contribution in [0.25, 0.3) is 0 Å². The van der Waals surface area contributed by atoms with E-state index in [0.717, 1.165) is 31.1 Å². The summed E-state index contributed by atoms with van der Waals surface area (Å²) in [6.45, 7) is 11.0. The minimum atomic E-state index is -0.461. The zero-order valence-corrected chi connectivity index (χ0v) is 13.6. The maximum Gasteiger partial charge on any atom is 0.412 e. The summed E-state index contributed by atoms with van der Waals surface area (Å²) in [4.78, 5) is 15.6. The average Bonchev–Trinajstić information content (AvgIpc) is 2.56. The van der Waals surface area contributed by atoms with Crippen molar-refractivity contribution in [1.29, 1.82) is 0 Å². The number of carbonyl (C=O) groups excluding carboxylic acids is 1. The van der Waals surface area contributed by atoms with Gasteiger partial charge in [-0.15, -0.1) is 11.3 Å². The summed E-state index contributed by atoms with van der Waals surface area (Å²) in [5.74, 6) is 0. The van der Waals surface area contributed by atoms with E-state index in [1.54, 1.807) is 11.3 Å². The van der Waals surface area contributed by atoms with E-state index < -0.39 is 5.60 Å². The number of nitrogens with zero attached hydrogens (tertiary/aromatic N) is 1. The molecule has 0 aromatic carbocycles. The fraction of sp³-hybridized carbons (Fsp3) is 0.667. The molecule has 0 saturated heterocycles. The van der Waals surface area contributed by atoms with Crippen molar-refractivity contribution in [3.8, 4) is 0 Å². The second kappa shape index (κ2) is 6.14. The van der Waals surface area contributed by atoms with Crippen molar-refractivity contribution in [2.45, 2.75) is 52.7 Å². The van der Waals surface area contributed by atoms with Gasteiger partial charge in [0.2, 0.25) is 0 Å². The molecule has 0 saturated carbocycles. The molecular formula is C15H24N2O2S. The van der Waals surface area contributed by atoms with Crippen LogP contribution in [0, 0.1) is 0 Å². The van der Waals surface area contributed by atoms with Gasteiger partial charge in [-0.1, -0.05) is 6.92 Å². The van der Waals surface area contributed by atoms with Gasteiger partial charge in [0.25, 0.3) is 0 Å². The molecule has 1 aliphatic heterocycles. The van der Waals surface area contributed by atoms with E-state index in [2.05, 4.69) is 23.2 Å². The topological polar surface area (TPSA) is 41.6 Å². The van der Waals surface area contributed by atoms with Crippen LogP contribution in [-0.4, -0.2) is 29.7 Å². The molecule has 1 amide bonds. The third-order valence-electron chi connectivity index (χ3n) is 3.24. The summed E-state index contributed by atoms with van der Waals surface area (Å²) >= 11 is 1.68. The quantitative estimate of drug-likeness (QED) is 0.901. The molecule has 5 heteroatoms. The van der Waals surface area contributed by atoms with Gasteiger partial charge >= 0.3 is 6.09 Å².